The first-order chi connectivity index (χ1) is 17.8. The van der Waals surface area contributed by atoms with Crippen molar-refractivity contribution in [3.8, 4) is 0 Å². The molecule has 37 heavy (non-hydrogen) atoms. The molecule has 4 unspecified atom stereocenters. The quantitative estimate of drug-likeness (QED) is 0.389. The summed E-state index contributed by atoms with van der Waals surface area (Å²) < 4.78 is 35.8. The Balaban J connectivity index is 2.02. The van der Waals surface area contributed by atoms with Crippen molar-refractivity contribution in [2.75, 3.05) is 13.7 Å². The molecule has 4 atom stereocenters. The van der Waals surface area contributed by atoms with Crippen LogP contribution in [-0.2, 0) is 24.3 Å². The third kappa shape index (κ3) is 5.35. The Labute approximate surface area is 226 Å². The van der Waals surface area contributed by atoms with E-state index in [0.29, 0.717) is 24.1 Å². The number of carbonyl (C=O) groups is 2. The van der Waals surface area contributed by atoms with Gasteiger partial charge >= 0.3 is 5.97 Å². The first-order valence-corrected chi connectivity index (χ1v) is 14.3. The summed E-state index contributed by atoms with van der Waals surface area (Å²) in [6, 6.07) is 22.2. The molecule has 9 heteroatoms. The molecule has 0 aliphatic carbocycles. The Morgan fingerprint density at radius 1 is 0.919 bits per heavy atom. The second-order valence-corrected chi connectivity index (χ2v) is 11.6. The van der Waals surface area contributed by atoms with Crippen molar-refractivity contribution >= 4 is 37.8 Å². The Morgan fingerprint density at radius 3 is 2.03 bits per heavy atom. The number of hydrogen-bond acceptors (Lipinski definition) is 5. The van der Waals surface area contributed by atoms with Crippen LogP contribution >= 0.6 is 15.9 Å². The molecule has 0 bridgehead atoms. The molecule has 1 fully saturated rings. The lowest BCUT2D eigenvalue weighted by molar-refractivity contribution is -0.146. The van der Waals surface area contributed by atoms with E-state index in [2.05, 4.69) is 21.2 Å². The van der Waals surface area contributed by atoms with Gasteiger partial charge in [-0.3, -0.25) is 9.59 Å². The molecular weight excluding hydrogens is 556 g/mol. The Morgan fingerprint density at radius 2 is 1.49 bits per heavy atom. The summed E-state index contributed by atoms with van der Waals surface area (Å²) in [4.78, 5) is 27.3. The largest absolute Gasteiger partial charge is 0.469 e. The van der Waals surface area contributed by atoms with Crippen molar-refractivity contribution in [1.29, 1.82) is 0 Å². The maximum Gasteiger partial charge on any atom is 0.311 e. The van der Waals surface area contributed by atoms with Gasteiger partial charge in [0.25, 0.3) is 0 Å². The predicted molar refractivity (Wildman–Crippen MR) is 144 cm³/mol. The second kappa shape index (κ2) is 11.6. The summed E-state index contributed by atoms with van der Waals surface area (Å²) in [6.07, 6.45) is 0.677. The molecule has 0 radical (unpaired) electrons. The highest BCUT2D eigenvalue weighted by Crippen LogP contribution is 2.52. The van der Waals surface area contributed by atoms with Crippen LogP contribution in [0.25, 0.3) is 0 Å². The number of methoxy groups -OCH3 is 1. The summed E-state index contributed by atoms with van der Waals surface area (Å²) in [5.41, 5.74) is 1.29. The zero-order chi connectivity index (χ0) is 26.6. The van der Waals surface area contributed by atoms with Crippen LogP contribution in [0, 0.1) is 5.92 Å². The van der Waals surface area contributed by atoms with E-state index in [1.54, 1.807) is 36.4 Å². The Kier molecular flexibility index (Phi) is 8.46. The fraction of sp³-hybridized carbons (Fsp3) is 0.286. The molecule has 1 heterocycles. The van der Waals surface area contributed by atoms with Gasteiger partial charge in [0.05, 0.1) is 24.0 Å². The van der Waals surface area contributed by atoms with Crippen molar-refractivity contribution in [2.24, 2.45) is 5.92 Å². The van der Waals surface area contributed by atoms with Crippen LogP contribution in [0.3, 0.4) is 0 Å². The number of rotatable bonds is 8. The van der Waals surface area contributed by atoms with Crippen LogP contribution in [0.5, 0.6) is 0 Å². The van der Waals surface area contributed by atoms with Gasteiger partial charge in [0.15, 0.2) is 0 Å². The van der Waals surface area contributed by atoms with E-state index in [1.165, 1.54) is 23.5 Å². The van der Waals surface area contributed by atoms with Crippen LogP contribution in [0.2, 0.25) is 0 Å². The molecule has 7 nitrogen and oxygen atoms in total. The maximum absolute atomic E-state index is 14.3. The van der Waals surface area contributed by atoms with Crippen LogP contribution in [-0.4, -0.2) is 44.3 Å². The van der Waals surface area contributed by atoms with Crippen molar-refractivity contribution < 1.29 is 22.7 Å². The Hall–Kier alpha value is -3.01. The third-order valence-electron chi connectivity index (χ3n) is 6.62. The number of nitrogens with zero attached hydrogens (tertiary/aromatic N) is 1. The summed E-state index contributed by atoms with van der Waals surface area (Å²) in [7, 11) is -2.96. The molecule has 1 aliphatic rings. The number of benzene rings is 3. The monoisotopic (exact) mass is 584 g/mol. The average Bonchev–Trinajstić information content (AvgIpc) is 3.29. The number of nitrogens with one attached hydrogen (secondary N) is 1. The van der Waals surface area contributed by atoms with Crippen LogP contribution in [0.15, 0.2) is 94.3 Å². The van der Waals surface area contributed by atoms with Gasteiger partial charge < -0.3 is 10.1 Å². The van der Waals surface area contributed by atoms with E-state index in [9.17, 15) is 18.0 Å². The van der Waals surface area contributed by atoms with E-state index in [0.717, 1.165) is 4.47 Å². The fourth-order valence-electron chi connectivity index (χ4n) is 5.02. The normalized spacial score (nSPS) is 21.9. The number of amides is 1. The molecule has 0 saturated carbocycles. The lowest BCUT2D eigenvalue weighted by atomic mass is 9.80. The van der Waals surface area contributed by atoms with E-state index in [4.69, 9.17) is 4.74 Å². The minimum Gasteiger partial charge on any atom is -0.469 e. The first-order valence-electron chi connectivity index (χ1n) is 12.1. The van der Waals surface area contributed by atoms with Crippen molar-refractivity contribution in [2.45, 2.75) is 36.2 Å². The van der Waals surface area contributed by atoms with Gasteiger partial charge in [0, 0.05) is 16.9 Å². The molecule has 1 N–H and O–H groups in total. The van der Waals surface area contributed by atoms with Gasteiger partial charge in [-0.05, 0) is 41.8 Å². The molecular formula is C28H29BrN2O5S. The second-order valence-electron chi connectivity index (χ2n) is 8.87. The fourth-order valence-corrected chi connectivity index (χ4v) is 7.09. The number of carbonyl (C=O) groups excluding carboxylic acids is 2. The summed E-state index contributed by atoms with van der Waals surface area (Å²) in [5.74, 6) is -2.77. The molecule has 0 spiro atoms. The van der Waals surface area contributed by atoms with E-state index in [-0.39, 0.29) is 4.90 Å². The highest BCUT2D eigenvalue weighted by Gasteiger charge is 2.60. The summed E-state index contributed by atoms with van der Waals surface area (Å²) in [6.45, 7) is 2.30. The predicted octanol–water partition coefficient (Wildman–Crippen LogP) is 4.66. The highest BCUT2D eigenvalue weighted by molar-refractivity contribution is 9.10. The van der Waals surface area contributed by atoms with E-state index < -0.39 is 45.8 Å². The van der Waals surface area contributed by atoms with Crippen LogP contribution in [0.1, 0.15) is 36.4 Å². The average molecular weight is 586 g/mol. The van der Waals surface area contributed by atoms with Gasteiger partial charge in [-0.25, -0.2) is 8.42 Å². The van der Waals surface area contributed by atoms with E-state index in [1.807, 2.05) is 43.3 Å². The van der Waals surface area contributed by atoms with Gasteiger partial charge in [0.1, 0.15) is 6.04 Å². The highest BCUT2D eigenvalue weighted by atomic mass is 79.9. The van der Waals surface area contributed by atoms with Gasteiger partial charge in [0.2, 0.25) is 15.9 Å². The smallest absolute Gasteiger partial charge is 0.311 e. The zero-order valence-electron chi connectivity index (χ0n) is 20.6. The van der Waals surface area contributed by atoms with Crippen molar-refractivity contribution in [3.05, 3.63) is 101 Å². The third-order valence-corrected chi connectivity index (χ3v) is 9.03. The minimum absolute atomic E-state index is 0.0299. The molecule has 1 saturated heterocycles. The molecule has 194 valence electrons. The molecule has 3 aromatic carbocycles. The first kappa shape index (κ1) is 27.0. The topological polar surface area (TPSA) is 92.8 Å². The number of ether oxygens (including phenoxy) is 1. The zero-order valence-corrected chi connectivity index (χ0v) is 23.0. The summed E-state index contributed by atoms with van der Waals surface area (Å²) in [5, 5.41) is 2.88. The number of halogens is 1. The minimum atomic E-state index is -4.24. The number of hydrogen-bond donors (Lipinski definition) is 1. The lowest BCUT2D eigenvalue weighted by Gasteiger charge is -2.30. The van der Waals surface area contributed by atoms with Gasteiger partial charge in [-0.2, -0.15) is 4.31 Å². The Bertz CT molecular complexity index is 1330. The standard InChI is InChI=1S/C28H29BrN2O5S/c1-3-18-30-27(32)26-23(19-10-6-4-7-11-19)24(28(33)36-2)25(20-12-8-5-9-13-20)31(26)37(34,35)22-16-14-21(29)15-17-22/h4-17,23-26H,3,18H2,1-2H3,(H,30,32). The number of esters is 1. The SMILES string of the molecule is CCCNC(=O)C1C(c2ccccc2)C(C(=O)OC)C(c2ccccc2)N1S(=O)(=O)c1ccc(Br)cc1. The van der Waals surface area contributed by atoms with Gasteiger partial charge in [-0.1, -0.05) is 83.5 Å². The molecule has 3 aromatic rings. The molecule has 0 aromatic heterocycles. The van der Waals surface area contributed by atoms with Crippen molar-refractivity contribution in [1.82, 2.24) is 9.62 Å². The molecule has 4 rings (SSSR count). The molecule has 1 aliphatic heterocycles. The maximum atomic E-state index is 14.3. The molecule has 1 amide bonds. The summed E-state index contributed by atoms with van der Waals surface area (Å²) >= 11 is 3.35. The van der Waals surface area contributed by atoms with Crippen LogP contribution in [0.4, 0.5) is 0 Å². The van der Waals surface area contributed by atoms with Crippen LogP contribution < -0.4 is 5.32 Å². The van der Waals surface area contributed by atoms with Gasteiger partial charge in [-0.15, -0.1) is 0 Å². The van der Waals surface area contributed by atoms with E-state index >= 15 is 0 Å². The lowest BCUT2D eigenvalue weighted by Crippen LogP contribution is -2.48. The number of sulfonamides is 1. The van der Waals surface area contributed by atoms with Crippen molar-refractivity contribution in [3.63, 3.8) is 0 Å².